The summed E-state index contributed by atoms with van der Waals surface area (Å²) < 4.78 is 5.84. The van der Waals surface area contributed by atoms with Crippen LogP contribution in [0.1, 0.15) is 70.8 Å². The van der Waals surface area contributed by atoms with E-state index in [1.165, 1.54) is 0 Å². The molecule has 0 aromatic carbocycles. The number of Topliss-reactive ketones (excluding diaryl/α,β-unsaturated/α-hetero) is 1. The molecular formula is C22H27NO3S. The van der Waals surface area contributed by atoms with Crippen LogP contribution in [0.5, 0.6) is 0 Å². The summed E-state index contributed by atoms with van der Waals surface area (Å²) in [5.41, 5.74) is 4.11. The van der Waals surface area contributed by atoms with Gasteiger partial charge in [-0.1, -0.05) is 13.8 Å². The highest BCUT2D eigenvalue weighted by molar-refractivity contribution is 7.08. The van der Waals surface area contributed by atoms with E-state index in [9.17, 15) is 9.59 Å². The van der Waals surface area contributed by atoms with Gasteiger partial charge in [0.25, 0.3) is 0 Å². The van der Waals surface area contributed by atoms with Crippen LogP contribution in [0.4, 0.5) is 0 Å². The van der Waals surface area contributed by atoms with Crippen LogP contribution in [0.25, 0.3) is 0 Å². The largest absolute Gasteiger partial charge is 0.459 e. The fraction of sp³-hybridized carbons (Fsp3) is 0.545. The van der Waals surface area contributed by atoms with E-state index in [1.54, 1.807) is 11.3 Å². The number of rotatable bonds is 3. The summed E-state index contributed by atoms with van der Waals surface area (Å²) in [7, 11) is 0. The van der Waals surface area contributed by atoms with E-state index in [1.807, 2.05) is 23.8 Å². The molecule has 0 spiro atoms. The van der Waals surface area contributed by atoms with Gasteiger partial charge in [-0.15, -0.1) is 0 Å². The summed E-state index contributed by atoms with van der Waals surface area (Å²) in [6.45, 7) is 6.18. The molecule has 4 nitrogen and oxygen atoms in total. The quantitative estimate of drug-likeness (QED) is 0.757. The van der Waals surface area contributed by atoms with Crippen molar-refractivity contribution in [3.8, 4) is 0 Å². The maximum absolute atomic E-state index is 13.1. The highest BCUT2D eigenvalue weighted by atomic mass is 32.1. The van der Waals surface area contributed by atoms with E-state index >= 15 is 0 Å². The van der Waals surface area contributed by atoms with Crippen LogP contribution >= 0.6 is 11.3 Å². The molecule has 1 aromatic rings. The van der Waals surface area contributed by atoms with Gasteiger partial charge in [0, 0.05) is 29.3 Å². The second-order valence-electron chi connectivity index (χ2n) is 8.80. The van der Waals surface area contributed by atoms with Crippen molar-refractivity contribution in [1.82, 2.24) is 5.32 Å². The summed E-state index contributed by atoms with van der Waals surface area (Å²) in [5, 5.41) is 7.44. The third-order valence-electron chi connectivity index (χ3n) is 5.91. The van der Waals surface area contributed by atoms with Gasteiger partial charge in [-0.2, -0.15) is 11.3 Å². The number of ether oxygens (including phenoxy) is 1. The molecule has 27 heavy (non-hydrogen) atoms. The van der Waals surface area contributed by atoms with Crippen LogP contribution in [-0.4, -0.2) is 17.9 Å². The number of dihydropyridines is 1. The fourth-order valence-corrected chi connectivity index (χ4v) is 5.39. The van der Waals surface area contributed by atoms with Gasteiger partial charge in [-0.05, 0) is 66.8 Å². The van der Waals surface area contributed by atoms with E-state index < -0.39 is 0 Å². The Morgan fingerprint density at radius 1 is 1.26 bits per heavy atom. The Bertz CT molecular complexity index is 826. The molecule has 1 aliphatic heterocycles. The van der Waals surface area contributed by atoms with Crippen molar-refractivity contribution < 1.29 is 14.3 Å². The second kappa shape index (κ2) is 6.93. The highest BCUT2D eigenvalue weighted by Gasteiger charge is 2.43. The molecule has 0 bridgehead atoms. The summed E-state index contributed by atoms with van der Waals surface area (Å²) in [5.74, 6) is -0.444. The van der Waals surface area contributed by atoms with E-state index in [4.69, 9.17) is 4.74 Å². The van der Waals surface area contributed by atoms with Gasteiger partial charge in [-0.3, -0.25) is 4.79 Å². The van der Waals surface area contributed by atoms with E-state index in [2.05, 4.69) is 19.2 Å². The van der Waals surface area contributed by atoms with Gasteiger partial charge in [0.15, 0.2) is 5.78 Å². The number of ketones is 1. The van der Waals surface area contributed by atoms with Crippen molar-refractivity contribution in [2.45, 2.75) is 71.3 Å². The molecule has 2 aliphatic carbocycles. The molecule has 5 heteroatoms. The minimum Gasteiger partial charge on any atom is -0.459 e. The molecule has 1 fully saturated rings. The summed E-state index contributed by atoms with van der Waals surface area (Å²) in [6, 6.07) is 2.02. The number of thiophene rings is 1. The Balaban J connectivity index is 1.74. The molecule has 144 valence electrons. The Kier molecular flexibility index (Phi) is 4.75. The van der Waals surface area contributed by atoms with Gasteiger partial charge in [-0.25, -0.2) is 4.79 Å². The smallest absolute Gasteiger partial charge is 0.337 e. The highest BCUT2D eigenvalue weighted by Crippen LogP contribution is 2.47. The first-order valence-electron chi connectivity index (χ1n) is 9.83. The van der Waals surface area contributed by atoms with E-state index in [0.29, 0.717) is 12.0 Å². The monoisotopic (exact) mass is 385 g/mol. The van der Waals surface area contributed by atoms with Crippen molar-refractivity contribution in [2.24, 2.45) is 5.41 Å². The first kappa shape index (κ1) is 18.5. The molecule has 0 radical (unpaired) electrons. The molecule has 1 unspecified atom stereocenters. The van der Waals surface area contributed by atoms with Crippen LogP contribution < -0.4 is 5.32 Å². The molecule has 1 saturated carbocycles. The number of hydrogen-bond donors (Lipinski definition) is 1. The molecule has 3 aliphatic rings. The number of nitrogens with one attached hydrogen (secondary N) is 1. The van der Waals surface area contributed by atoms with Gasteiger partial charge in [0.05, 0.1) is 5.57 Å². The van der Waals surface area contributed by atoms with Crippen LogP contribution in [0.3, 0.4) is 0 Å². The summed E-state index contributed by atoms with van der Waals surface area (Å²) >= 11 is 1.59. The third kappa shape index (κ3) is 3.49. The SMILES string of the molecule is CC1=C(C(=O)OC2CCCC2)C(c2ccsc2)C2=C(CC(C)(C)CC2=O)N1. The first-order valence-corrected chi connectivity index (χ1v) is 10.8. The average Bonchev–Trinajstić information content (AvgIpc) is 3.25. The first-order chi connectivity index (χ1) is 12.9. The minimum absolute atomic E-state index is 0.0114. The lowest BCUT2D eigenvalue weighted by molar-refractivity contribution is -0.144. The van der Waals surface area contributed by atoms with E-state index in [-0.39, 0.29) is 29.2 Å². The third-order valence-corrected chi connectivity index (χ3v) is 6.61. The minimum atomic E-state index is -0.315. The molecule has 1 N–H and O–H groups in total. The van der Waals surface area contributed by atoms with Crippen molar-refractivity contribution in [3.05, 3.63) is 44.9 Å². The van der Waals surface area contributed by atoms with Crippen molar-refractivity contribution in [3.63, 3.8) is 0 Å². The summed E-state index contributed by atoms with van der Waals surface area (Å²) in [6.07, 6.45) is 5.45. The predicted molar refractivity (Wildman–Crippen MR) is 106 cm³/mol. The van der Waals surface area contributed by atoms with Gasteiger partial charge in [0.2, 0.25) is 0 Å². The Morgan fingerprint density at radius 2 is 2.00 bits per heavy atom. The Morgan fingerprint density at radius 3 is 2.67 bits per heavy atom. The van der Waals surface area contributed by atoms with Gasteiger partial charge < -0.3 is 10.1 Å². The summed E-state index contributed by atoms with van der Waals surface area (Å²) in [4.78, 5) is 26.2. The number of esters is 1. The number of carbonyl (C=O) groups is 2. The van der Waals surface area contributed by atoms with E-state index in [0.717, 1.165) is 54.6 Å². The van der Waals surface area contributed by atoms with Crippen molar-refractivity contribution >= 4 is 23.1 Å². The molecule has 0 saturated heterocycles. The molecular weight excluding hydrogens is 358 g/mol. The standard InChI is InChI=1S/C22H27NO3S/c1-13-18(21(25)26-15-6-4-5-7-15)19(14-8-9-27-12-14)20-16(23-13)10-22(2,3)11-17(20)24/h8-9,12,15,19,23H,4-7,10-11H2,1-3H3. The van der Waals surface area contributed by atoms with Crippen molar-refractivity contribution in [2.75, 3.05) is 0 Å². The van der Waals surface area contributed by atoms with Gasteiger partial charge in [0.1, 0.15) is 6.10 Å². The Hall–Kier alpha value is -1.88. The number of allylic oxidation sites excluding steroid dienone is 3. The average molecular weight is 386 g/mol. The molecule has 1 aromatic heterocycles. The topological polar surface area (TPSA) is 55.4 Å². The molecule has 1 atom stereocenters. The lowest BCUT2D eigenvalue weighted by Gasteiger charge is -2.39. The van der Waals surface area contributed by atoms with Crippen LogP contribution in [-0.2, 0) is 14.3 Å². The molecule has 2 heterocycles. The number of hydrogen-bond acceptors (Lipinski definition) is 5. The predicted octanol–water partition coefficient (Wildman–Crippen LogP) is 4.84. The normalized spacial score (nSPS) is 25.4. The maximum atomic E-state index is 13.1. The number of carbonyl (C=O) groups excluding carboxylic acids is 2. The lowest BCUT2D eigenvalue weighted by Crippen LogP contribution is -2.39. The fourth-order valence-electron chi connectivity index (χ4n) is 4.70. The zero-order valence-electron chi connectivity index (χ0n) is 16.3. The van der Waals surface area contributed by atoms with Crippen LogP contribution in [0.2, 0.25) is 0 Å². The molecule has 4 rings (SSSR count). The van der Waals surface area contributed by atoms with Gasteiger partial charge >= 0.3 is 5.97 Å². The zero-order chi connectivity index (χ0) is 19.2. The maximum Gasteiger partial charge on any atom is 0.337 e. The zero-order valence-corrected chi connectivity index (χ0v) is 17.1. The van der Waals surface area contributed by atoms with Crippen LogP contribution in [0, 0.1) is 5.41 Å². The Labute approximate surface area is 164 Å². The second-order valence-corrected chi connectivity index (χ2v) is 9.58. The lowest BCUT2D eigenvalue weighted by atomic mass is 9.69. The van der Waals surface area contributed by atoms with Crippen LogP contribution in [0.15, 0.2) is 39.4 Å². The molecule has 0 amide bonds. The van der Waals surface area contributed by atoms with Crippen molar-refractivity contribution in [1.29, 1.82) is 0 Å².